The minimum absolute atomic E-state index is 0.872. The normalized spacial score (nSPS) is 15.5. The molecule has 0 spiro atoms. The van der Waals surface area contributed by atoms with Crippen LogP contribution in [0.15, 0.2) is 12.2 Å². The van der Waals surface area contributed by atoms with Gasteiger partial charge in [-0.15, -0.1) is 0 Å². The molecule has 0 N–H and O–H groups in total. The van der Waals surface area contributed by atoms with Gasteiger partial charge < -0.3 is 0 Å². The average Bonchev–Trinajstić information content (AvgIpc) is 2.27. The maximum absolute atomic E-state index is 2.60. The van der Waals surface area contributed by atoms with Gasteiger partial charge in [-0.1, -0.05) is 0 Å². The third-order valence-electron chi connectivity index (χ3n) is 4.04. The van der Waals surface area contributed by atoms with Crippen LogP contribution >= 0.6 is 7.26 Å². The van der Waals surface area contributed by atoms with E-state index < -0.39 is 7.26 Å². The van der Waals surface area contributed by atoms with Gasteiger partial charge in [-0.2, -0.15) is 0 Å². The molecule has 1 atom stereocenters. The van der Waals surface area contributed by atoms with Crippen LogP contribution in [0.5, 0.6) is 0 Å². The van der Waals surface area contributed by atoms with E-state index in [9.17, 15) is 0 Å². The molecule has 18 heavy (non-hydrogen) atoms. The van der Waals surface area contributed by atoms with Gasteiger partial charge in [0.2, 0.25) is 0 Å². The molecule has 1 heteroatoms. The minimum atomic E-state index is -0.960. The van der Waals surface area contributed by atoms with Gasteiger partial charge in [0.05, 0.1) is 0 Å². The molecule has 0 aromatic rings. The van der Waals surface area contributed by atoms with Gasteiger partial charge in [0.25, 0.3) is 0 Å². The first-order valence-electron chi connectivity index (χ1n) is 8.08. The molecule has 0 saturated heterocycles. The Kier molecular flexibility index (Phi) is 10.1. The van der Waals surface area contributed by atoms with Crippen molar-refractivity contribution in [2.45, 2.75) is 59.8 Å². The first-order chi connectivity index (χ1) is 8.43. The Balaban J connectivity index is 4.06. The second-order valence-electron chi connectivity index (χ2n) is 6.93. The molecule has 0 bridgehead atoms. The summed E-state index contributed by atoms with van der Waals surface area (Å²) >= 11 is 0. The third-order valence-corrected chi connectivity index (χ3v) is 7.38. The molecular weight excluding hydrogens is 235 g/mol. The summed E-state index contributed by atoms with van der Waals surface area (Å²) in [5, 5.41) is 0. The number of allylic oxidation sites excluding steroid dienone is 2. The standard InChI is InChI=1S/C17H37P/c1-7-9-10-11-12-14-18(5,6)15-17(13-8-2)16(3)4/h9-10,16-18H,7-8,11-15H2,1-6H3/b10-9-. The van der Waals surface area contributed by atoms with Gasteiger partial charge in [0.15, 0.2) is 0 Å². The Morgan fingerprint density at radius 2 is 1.72 bits per heavy atom. The van der Waals surface area contributed by atoms with E-state index >= 15 is 0 Å². The van der Waals surface area contributed by atoms with Crippen LogP contribution in [0.25, 0.3) is 0 Å². The molecule has 0 rings (SSSR count). The van der Waals surface area contributed by atoms with Gasteiger partial charge in [0.1, 0.15) is 0 Å². The molecule has 0 saturated carbocycles. The molecule has 0 aromatic heterocycles. The van der Waals surface area contributed by atoms with Crippen LogP contribution < -0.4 is 0 Å². The van der Waals surface area contributed by atoms with Crippen LogP contribution in [-0.2, 0) is 0 Å². The Hall–Kier alpha value is 0.170. The molecule has 0 aromatic carbocycles. The van der Waals surface area contributed by atoms with E-state index in [1.807, 2.05) is 0 Å². The maximum atomic E-state index is 2.60. The molecule has 0 aliphatic heterocycles. The quantitative estimate of drug-likeness (QED) is 0.267. The molecular formula is C17H37P. The van der Waals surface area contributed by atoms with Gasteiger partial charge >= 0.3 is 117 Å². The number of rotatable bonds is 10. The van der Waals surface area contributed by atoms with Gasteiger partial charge in [-0.25, -0.2) is 0 Å². The monoisotopic (exact) mass is 272 g/mol. The molecule has 0 aliphatic carbocycles. The summed E-state index contributed by atoms with van der Waals surface area (Å²) in [7, 11) is -0.960. The predicted octanol–water partition coefficient (Wildman–Crippen LogP) is 5.81. The molecule has 0 fully saturated rings. The molecule has 0 nitrogen and oxygen atoms in total. The average molecular weight is 272 g/mol. The second-order valence-corrected chi connectivity index (χ2v) is 12.2. The van der Waals surface area contributed by atoms with Gasteiger partial charge in [0, 0.05) is 0 Å². The molecule has 110 valence electrons. The van der Waals surface area contributed by atoms with E-state index in [1.54, 1.807) is 0 Å². The third kappa shape index (κ3) is 9.15. The van der Waals surface area contributed by atoms with Crippen molar-refractivity contribution in [3.63, 3.8) is 0 Å². The van der Waals surface area contributed by atoms with E-state index in [0.717, 1.165) is 11.8 Å². The molecule has 0 amide bonds. The fourth-order valence-electron chi connectivity index (χ4n) is 2.84. The van der Waals surface area contributed by atoms with Crippen molar-refractivity contribution >= 4 is 7.26 Å². The summed E-state index contributed by atoms with van der Waals surface area (Å²) in [5.41, 5.74) is 0. The van der Waals surface area contributed by atoms with E-state index in [4.69, 9.17) is 0 Å². The van der Waals surface area contributed by atoms with E-state index in [1.165, 1.54) is 44.4 Å². The summed E-state index contributed by atoms with van der Waals surface area (Å²) < 4.78 is 0. The Labute approximate surface area is 117 Å². The van der Waals surface area contributed by atoms with Crippen molar-refractivity contribution in [3.8, 4) is 0 Å². The van der Waals surface area contributed by atoms with E-state index in [0.29, 0.717) is 0 Å². The Bertz CT molecular complexity index is 216. The summed E-state index contributed by atoms with van der Waals surface area (Å²) in [5.74, 6) is 1.85. The number of hydrogen-bond donors (Lipinski definition) is 0. The van der Waals surface area contributed by atoms with E-state index in [-0.39, 0.29) is 0 Å². The zero-order chi connectivity index (χ0) is 14.0. The van der Waals surface area contributed by atoms with Crippen molar-refractivity contribution < 1.29 is 0 Å². The SMILES string of the molecule is CC/C=C\CCC[PH](C)(C)CC(CCC)C(C)C. The second kappa shape index (κ2) is 10.0. The summed E-state index contributed by atoms with van der Waals surface area (Å²) in [6.45, 7) is 14.6. The topological polar surface area (TPSA) is 0 Å². The Morgan fingerprint density at radius 1 is 1.06 bits per heavy atom. The number of unbranched alkanes of at least 4 members (excludes halogenated alkanes) is 1. The molecule has 0 aliphatic rings. The van der Waals surface area contributed by atoms with Crippen molar-refractivity contribution in [1.29, 1.82) is 0 Å². The van der Waals surface area contributed by atoms with Crippen molar-refractivity contribution in [1.82, 2.24) is 0 Å². The molecule has 0 heterocycles. The fraction of sp³-hybridized carbons (Fsp3) is 0.882. The molecule has 1 unspecified atom stereocenters. The zero-order valence-electron chi connectivity index (χ0n) is 13.8. The zero-order valence-corrected chi connectivity index (χ0v) is 14.8. The summed E-state index contributed by atoms with van der Waals surface area (Å²) in [6, 6.07) is 0. The van der Waals surface area contributed by atoms with E-state index in [2.05, 4.69) is 53.2 Å². The predicted molar refractivity (Wildman–Crippen MR) is 91.8 cm³/mol. The molecule has 0 radical (unpaired) electrons. The van der Waals surface area contributed by atoms with Crippen LogP contribution in [-0.4, -0.2) is 25.7 Å². The van der Waals surface area contributed by atoms with Crippen LogP contribution in [0.1, 0.15) is 59.8 Å². The van der Waals surface area contributed by atoms with Crippen LogP contribution in [0, 0.1) is 11.8 Å². The fourth-order valence-corrected chi connectivity index (χ4v) is 6.30. The first kappa shape index (κ1) is 18.2. The van der Waals surface area contributed by atoms with Crippen LogP contribution in [0.3, 0.4) is 0 Å². The van der Waals surface area contributed by atoms with Crippen molar-refractivity contribution in [2.75, 3.05) is 25.7 Å². The first-order valence-corrected chi connectivity index (χ1v) is 11.5. The van der Waals surface area contributed by atoms with Gasteiger partial charge in [-0.3, -0.25) is 0 Å². The Morgan fingerprint density at radius 3 is 2.22 bits per heavy atom. The van der Waals surface area contributed by atoms with Gasteiger partial charge in [-0.05, 0) is 0 Å². The van der Waals surface area contributed by atoms with Crippen molar-refractivity contribution in [2.24, 2.45) is 11.8 Å². The number of hydrogen-bond acceptors (Lipinski definition) is 0. The van der Waals surface area contributed by atoms with Crippen LogP contribution in [0.4, 0.5) is 0 Å². The summed E-state index contributed by atoms with van der Waals surface area (Å²) in [4.78, 5) is 0. The van der Waals surface area contributed by atoms with Crippen molar-refractivity contribution in [3.05, 3.63) is 12.2 Å². The summed E-state index contributed by atoms with van der Waals surface area (Å²) in [6.07, 6.45) is 14.4. The van der Waals surface area contributed by atoms with Crippen LogP contribution in [0.2, 0.25) is 0 Å².